The molecule has 1 rings (SSSR count). The maximum absolute atomic E-state index is 11.0. The summed E-state index contributed by atoms with van der Waals surface area (Å²) in [6, 6.07) is 0. The van der Waals surface area contributed by atoms with Gasteiger partial charge in [-0.05, 0) is 13.3 Å². The Labute approximate surface area is 81.4 Å². The average Bonchev–Trinajstić information content (AvgIpc) is 2.56. The number of carbonyl (C=O) groups is 1. The van der Waals surface area contributed by atoms with Crippen molar-refractivity contribution in [1.29, 1.82) is 0 Å². The predicted octanol–water partition coefficient (Wildman–Crippen LogP) is 2.19. The number of hydrogen-bond donors (Lipinski definition) is 1. The van der Waals surface area contributed by atoms with Crippen LogP contribution in [0.4, 0.5) is 0 Å². The van der Waals surface area contributed by atoms with E-state index in [2.05, 4.69) is 4.98 Å². The Balaban J connectivity index is 2.75. The molecule has 0 fully saturated rings. The molecular formula is C9H13NO2S. The first kappa shape index (κ1) is 10.2. The Morgan fingerprint density at radius 3 is 2.85 bits per heavy atom. The lowest BCUT2D eigenvalue weighted by atomic mass is 9.83. The first-order chi connectivity index (χ1) is 6.08. The zero-order valence-corrected chi connectivity index (χ0v) is 8.60. The van der Waals surface area contributed by atoms with Crippen molar-refractivity contribution in [3.05, 3.63) is 16.6 Å². The highest BCUT2D eigenvalue weighted by Gasteiger charge is 2.31. The summed E-state index contributed by atoms with van der Waals surface area (Å²) < 4.78 is 0. The fourth-order valence-corrected chi connectivity index (χ4v) is 1.63. The zero-order valence-electron chi connectivity index (χ0n) is 7.78. The van der Waals surface area contributed by atoms with Gasteiger partial charge in [-0.25, -0.2) is 4.98 Å². The minimum absolute atomic E-state index is 0.516. The molecule has 0 aliphatic heterocycles. The maximum atomic E-state index is 11.0. The van der Waals surface area contributed by atoms with Gasteiger partial charge in [-0.1, -0.05) is 6.92 Å². The van der Waals surface area contributed by atoms with E-state index in [9.17, 15) is 4.79 Å². The molecule has 0 saturated heterocycles. The van der Waals surface area contributed by atoms with Gasteiger partial charge in [-0.3, -0.25) is 4.79 Å². The molecule has 1 heterocycles. The van der Waals surface area contributed by atoms with Crippen molar-refractivity contribution in [2.75, 3.05) is 0 Å². The molecule has 1 aromatic heterocycles. The van der Waals surface area contributed by atoms with Crippen molar-refractivity contribution in [2.45, 2.75) is 26.7 Å². The van der Waals surface area contributed by atoms with E-state index < -0.39 is 11.4 Å². The van der Waals surface area contributed by atoms with E-state index in [1.54, 1.807) is 12.4 Å². The molecule has 72 valence electrons. The van der Waals surface area contributed by atoms with Gasteiger partial charge in [0.05, 0.1) is 16.6 Å². The monoisotopic (exact) mass is 199 g/mol. The van der Waals surface area contributed by atoms with Gasteiger partial charge in [-0.15, -0.1) is 11.3 Å². The number of aromatic nitrogens is 1. The number of carboxylic acid groups (broad SMARTS) is 1. The molecule has 1 unspecified atom stereocenters. The van der Waals surface area contributed by atoms with Gasteiger partial charge in [0.2, 0.25) is 0 Å². The summed E-state index contributed by atoms with van der Waals surface area (Å²) >= 11 is 1.50. The van der Waals surface area contributed by atoms with Gasteiger partial charge in [0.25, 0.3) is 0 Å². The van der Waals surface area contributed by atoms with Gasteiger partial charge >= 0.3 is 5.97 Å². The van der Waals surface area contributed by atoms with Crippen LogP contribution in [0.5, 0.6) is 0 Å². The number of nitrogens with zero attached hydrogens (tertiary/aromatic N) is 1. The molecular weight excluding hydrogens is 186 g/mol. The SMILES string of the molecule is CCC(C)(Cc1cscn1)C(=O)O. The van der Waals surface area contributed by atoms with Crippen LogP contribution in [0.25, 0.3) is 0 Å². The van der Waals surface area contributed by atoms with Crippen LogP contribution >= 0.6 is 11.3 Å². The molecule has 4 heteroatoms. The third-order valence-electron chi connectivity index (χ3n) is 2.35. The third-order valence-corrected chi connectivity index (χ3v) is 2.99. The first-order valence-corrected chi connectivity index (χ1v) is 5.13. The average molecular weight is 199 g/mol. The molecule has 1 atom stereocenters. The number of hydrogen-bond acceptors (Lipinski definition) is 3. The van der Waals surface area contributed by atoms with Crippen LogP contribution in [0.15, 0.2) is 10.9 Å². The molecule has 0 aromatic carbocycles. The topological polar surface area (TPSA) is 50.2 Å². The molecule has 1 N–H and O–H groups in total. The second-order valence-electron chi connectivity index (χ2n) is 3.38. The fraction of sp³-hybridized carbons (Fsp3) is 0.556. The van der Waals surface area contributed by atoms with Crippen molar-refractivity contribution < 1.29 is 9.90 Å². The summed E-state index contributed by atoms with van der Waals surface area (Å²) in [4.78, 5) is 15.0. The summed E-state index contributed by atoms with van der Waals surface area (Å²) in [5.74, 6) is -0.747. The van der Waals surface area contributed by atoms with Crippen LogP contribution < -0.4 is 0 Å². The van der Waals surface area contributed by atoms with Crippen molar-refractivity contribution in [2.24, 2.45) is 5.41 Å². The second-order valence-corrected chi connectivity index (χ2v) is 4.09. The highest BCUT2D eigenvalue weighted by Crippen LogP contribution is 2.26. The highest BCUT2D eigenvalue weighted by molar-refractivity contribution is 7.07. The van der Waals surface area contributed by atoms with Gasteiger partial charge < -0.3 is 5.11 Å². The summed E-state index contributed by atoms with van der Waals surface area (Å²) in [5, 5.41) is 10.9. The standard InChI is InChI=1S/C9H13NO2S/c1-3-9(2,8(11)12)4-7-5-13-6-10-7/h5-6H,3-4H2,1-2H3,(H,11,12). The van der Waals surface area contributed by atoms with E-state index in [-0.39, 0.29) is 0 Å². The molecule has 0 saturated carbocycles. The van der Waals surface area contributed by atoms with E-state index in [1.165, 1.54) is 11.3 Å². The van der Waals surface area contributed by atoms with Gasteiger partial charge in [0, 0.05) is 11.8 Å². The Bertz CT molecular complexity index is 284. The number of carboxylic acids is 1. The summed E-state index contributed by atoms with van der Waals surface area (Å²) in [5.41, 5.74) is 1.93. The maximum Gasteiger partial charge on any atom is 0.309 e. The van der Waals surface area contributed by atoms with Crippen LogP contribution in [-0.2, 0) is 11.2 Å². The number of aliphatic carboxylic acids is 1. The first-order valence-electron chi connectivity index (χ1n) is 4.19. The van der Waals surface area contributed by atoms with Crippen molar-refractivity contribution in [3.63, 3.8) is 0 Å². The van der Waals surface area contributed by atoms with E-state index in [1.807, 2.05) is 12.3 Å². The zero-order chi connectivity index (χ0) is 9.90. The number of rotatable bonds is 4. The summed E-state index contributed by atoms with van der Waals surface area (Å²) in [7, 11) is 0. The van der Waals surface area contributed by atoms with Crippen molar-refractivity contribution in [3.8, 4) is 0 Å². The molecule has 0 aliphatic rings. The smallest absolute Gasteiger partial charge is 0.309 e. The highest BCUT2D eigenvalue weighted by atomic mass is 32.1. The van der Waals surface area contributed by atoms with Crippen LogP contribution in [0.3, 0.4) is 0 Å². The lowest BCUT2D eigenvalue weighted by Gasteiger charge is -2.21. The Hall–Kier alpha value is -0.900. The Morgan fingerprint density at radius 2 is 2.46 bits per heavy atom. The lowest BCUT2D eigenvalue weighted by molar-refractivity contribution is -0.148. The van der Waals surface area contributed by atoms with Crippen LogP contribution in [0.1, 0.15) is 26.0 Å². The Kier molecular flexibility index (Phi) is 3.03. The van der Waals surface area contributed by atoms with Gasteiger partial charge in [0.1, 0.15) is 0 Å². The minimum atomic E-state index is -0.747. The van der Waals surface area contributed by atoms with Crippen LogP contribution in [0, 0.1) is 5.41 Å². The molecule has 0 amide bonds. The molecule has 1 aromatic rings. The largest absolute Gasteiger partial charge is 0.481 e. The Morgan fingerprint density at radius 1 is 1.77 bits per heavy atom. The number of thiazole rings is 1. The van der Waals surface area contributed by atoms with E-state index >= 15 is 0 Å². The van der Waals surface area contributed by atoms with Crippen molar-refractivity contribution >= 4 is 17.3 Å². The molecule has 13 heavy (non-hydrogen) atoms. The molecule has 0 bridgehead atoms. The van der Waals surface area contributed by atoms with Gasteiger partial charge in [0.15, 0.2) is 0 Å². The predicted molar refractivity (Wildman–Crippen MR) is 51.9 cm³/mol. The molecule has 0 radical (unpaired) electrons. The molecule has 3 nitrogen and oxygen atoms in total. The second kappa shape index (κ2) is 3.87. The third kappa shape index (κ3) is 2.28. The van der Waals surface area contributed by atoms with Crippen molar-refractivity contribution in [1.82, 2.24) is 4.98 Å². The van der Waals surface area contributed by atoms with Crippen LogP contribution in [-0.4, -0.2) is 16.1 Å². The van der Waals surface area contributed by atoms with Gasteiger partial charge in [-0.2, -0.15) is 0 Å². The minimum Gasteiger partial charge on any atom is -0.481 e. The summed E-state index contributed by atoms with van der Waals surface area (Å²) in [6.07, 6.45) is 1.14. The van der Waals surface area contributed by atoms with E-state index in [0.29, 0.717) is 12.8 Å². The lowest BCUT2D eigenvalue weighted by Crippen LogP contribution is -2.29. The fourth-order valence-electron chi connectivity index (χ4n) is 1.08. The normalized spacial score (nSPS) is 15.2. The molecule has 0 spiro atoms. The molecule has 0 aliphatic carbocycles. The summed E-state index contributed by atoms with van der Waals surface area (Å²) in [6.45, 7) is 3.65. The van der Waals surface area contributed by atoms with E-state index in [4.69, 9.17) is 5.11 Å². The quantitative estimate of drug-likeness (QED) is 0.808. The van der Waals surface area contributed by atoms with E-state index in [0.717, 1.165) is 5.69 Å². The van der Waals surface area contributed by atoms with Crippen LogP contribution in [0.2, 0.25) is 0 Å².